The monoisotopic (exact) mass is 348 g/mol. The Morgan fingerprint density at radius 1 is 1.08 bits per heavy atom. The van der Waals surface area contributed by atoms with Crippen LogP contribution in [0.3, 0.4) is 0 Å². The third-order valence-corrected chi connectivity index (χ3v) is 4.87. The fourth-order valence-electron chi connectivity index (χ4n) is 3.56. The van der Waals surface area contributed by atoms with Crippen LogP contribution in [0.4, 0.5) is 0 Å². The molecule has 1 saturated carbocycles. The van der Waals surface area contributed by atoms with Gasteiger partial charge in [0.05, 0.1) is 14.2 Å². The minimum Gasteiger partial charge on any atom is -0.493 e. The van der Waals surface area contributed by atoms with Crippen LogP contribution in [0, 0.1) is 0 Å². The Labute approximate surface area is 149 Å². The molecule has 0 amide bonds. The lowest BCUT2D eigenvalue weighted by atomic mass is 9.77. The Kier molecular flexibility index (Phi) is 7.47. The van der Waals surface area contributed by atoms with E-state index < -0.39 is 0 Å². The highest BCUT2D eigenvalue weighted by molar-refractivity contribution is 5.67. The van der Waals surface area contributed by atoms with Crippen LogP contribution >= 0.6 is 0 Å². The molecule has 1 fully saturated rings. The van der Waals surface area contributed by atoms with Crippen molar-refractivity contribution in [3.05, 3.63) is 34.9 Å². The summed E-state index contributed by atoms with van der Waals surface area (Å²) < 4.78 is 21.7. The largest absolute Gasteiger partial charge is 0.493 e. The average Bonchev–Trinajstić information content (AvgIpc) is 2.66. The zero-order valence-electron chi connectivity index (χ0n) is 15.5. The first-order valence-corrected chi connectivity index (χ1v) is 8.63. The summed E-state index contributed by atoms with van der Waals surface area (Å²) >= 11 is 0. The fourth-order valence-corrected chi connectivity index (χ4v) is 3.56. The first-order valence-electron chi connectivity index (χ1n) is 8.63. The Bertz CT molecular complexity index is 604. The van der Waals surface area contributed by atoms with E-state index in [1.165, 1.54) is 5.57 Å². The third kappa shape index (κ3) is 4.61. The van der Waals surface area contributed by atoms with Crippen molar-refractivity contribution in [2.45, 2.75) is 44.3 Å². The van der Waals surface area contributed by atoms with Crippen LogP contribution in [-0.4, -0.2) is 41.0 Å². The first kappa shape index (κ1) is 19.5. The normalized spacial score (nSPS) is 19.2. The van der Waals surface area contributed by atoms with Gasteiger partial charge in [-0.1, -0.05) is 12.0 Å². The molecule has 0 aromatic heterocycles. The molecule has 1 aliphatic rings. The summed E-state index contributed by atoms with van der Waals surface area (Å²) in [7, 11) is 6.53. The second kappa shape index (κ2) is 9.59. The predicted molar refractivity (Wildman–Crippen MR) is 96.4 cm³/mol. The van der Waals surface area contributed by atoms with Crippen molar-refractivity contribution in [2.24, 2.45) is 0 Å². The number of carbonyl (C=O) groups excluding carboxylic acids is 1. The van der Waals surface area contributed by atoms with E-state index in [9.17, 15) is 4.79 Å². The summed E-state index contributed by atoms with van der Waals surface area (Å²) in [4.78, 5) is 11.1. The summed E-state index contributed by atoms with van der Waals surface area (Å²) in [6, 6.07) is 4.03. The molecule has 5 heteroatoms. The lowest BCUT2D eigenvalue weighted by Crippen LogP contribution is -2.19. The van der Waals surface area contributed by atoms with E-state index in [2.05, 4.69) is 0 Å². The van der Waals surface area contributed by atoms with Crippen molar-refractivity contribution in [1.82, 2.24) is 0 Å². The van der Waals surface area contributed by atoms with Crippen LogP contribution in [0.15, 0.2) is 23.8 Å². The van der Waals surface area contributed by atoms with Gasteiger partial charge in [0, 0.05) is 26.6 Å². The molecule has 1 aliphatic carbocycles. The number of hydrogen-bond donors (Lipinski definition) is 0. The van der Waals surface area contributed by atoms with Gasteiger partial charge in [-0.3, -0.25) is 4.79 Å². The quantitative estimate of drug-likeness (QED) is 0.408. The molecular formula is C20H28O5. The van der Waals surface area contributed by atoms with Crippen LogP contribution in [0.1, 0.15) is 42.7 Å². The Hall–Kier alpha value is -1.85. The summed E-state index contributed by atoms with van der Waals surface area (Å²) in [6.07, 6.45) is 7.12. The molecule has 1 aromatic rings. The number of benzene rings is 1. The minimum absolute atomic E-state index is 0.211. The van der Waals surface area contributed by atoms with E-state index in [0.29, 0.717) is 17.9 Å². The van der Waals surface area contributed by atoms with Crippen molar-refractivity contribution < 1.29 is 23.7 Å². The Morgan fingerprint density at radius 2 is 1.76 bits per heavy atom. The molecule has 1 atom stereocenters. The maximum atomic E-state index is 11.1. The van der Waals surface area contributed by atoms with Gasteiger partial charge in [0.25, 0.3) is 0 Å². The van der Waals surface area contributed by atoms with E-state index >= 15 is 0 Å². The van der Waals surface area contributed by atoms with Gasteiger partial charge in [-0.25, -0.2) is 0 Å². The van der Waals surface area contributed by atoms with Crippen molar-refractivity contribution in [2.75, 3.05) is 28.4 Å². The number of carbonyl (C=O) groups is 1. The minimum atomic E-state index is -0.334. The third-order valence-electron chi connectivity index (χ3n) is 4.87. The van der Waals surface area contributed by atoms with Crippen molar-refractivity contribution in [3.63, 3.8) is 0 Å². The average molecular weight is 348 g/mol. The highest BCUT2D eigenvalue weighted by Gasteiger charge is 2.26. The molecule has 0 heterocycles. The number of ether oxygens (including phenoxy) is 4. The van der Waals surface area contributed by atoms with Gasteiger partial charge in [-0.15, -0.1) is 0 Å². The second-order valence-corrected chi connectivity index (χ2v) is 6.19. The maximum absolute atomic E-state index is 11.1. The van der Waals surface area contributed by atoms with Crippen LogP contribution < -0.4 is 9.47 Å². The molecule has 0 aliphatic heterocycles. The molecule has 138 valence electrons. The van der Waals surface area contributed by atoms with Gasteiger partial charge >= 0.3 is 0 Å². The SMILES string of the molecule is COc1cc(CC(OC)OC)c(C2CCCC/C2=C\C=O)cc1OC. The molecular weight excluding hydrogens is 320 g/mol. The van der Waals surface area contributed by atoms with Gasteiger partial charge < -0.3 is 18.9 Å². The summed E-state index contributed by atoms with van der Waals surface area (Å²) in [6.45, 7) is 0. The van der Waals surface area contributed by atoms with Gasteiger partial charge in [0.1, 0.15) is 6.29 Å². The molecule has 0 N–H and O–H groups in total. The molecule has 2 rings (SSSR count). The summed E-state index contributed by atoms with van der Waals surface area (Å²) in [5.41, 5.74) is 3.43. The zero-order valence-corrected chi connectivity index (χ0v) is 15.5. The molecule has 0 bridgehead atoms. The Balaban J connectivity index is 2.51. The van der Waals surface area contributed by atoms with Gasteiger partial charge in [-0.05, 0) is 48.6 Å². The second-order valence-electron chi connectivity index (χ2n) is 6.19. The molecule has 0 radical (unpaired) electrons. The van der Waals surface area contributed by atoms with Crippen LogP contribution in [0.5, 0.6) is 11.5 Å². The van der Waals surface area contributed by atoms with Gasteiger partial charge in [0.2, 0.25) is 0 Å². The Morgan fingerprint density at radius 3 is 2.36 bits per heavy atom. The molecule has 0 spiro atoms. The van der Waals surface area contributed by atoms with E-state index in [1.807, 2.05) is 12.1 Å². The molecule has 1 unspecified atom stereocenters. The molecule has 25 heavy (non-hydrogen) atoms. The van der Waals surface area contributed by atoms with Crippen molar-refractivity contribution >= 4 is 6.29 Å². The zero-order chi connectivity index (χ0) is 18.2. The first-order chi connectivity index (χ1) is 12.2. The summed E-state index contributed by atoms with van der Waals surface area (Å²) in [5.74, 6) is 1.59. The van der Waals surface area contributed by atoms with Crippen LogP contribution in [-0.2, 0) is 20.7 Å². The van der Waals surface area contributed by atoms with E-state index in [-0.39, 0.29) is 12.2 Å². The summed E-state index contributed by atoms with van der Waals surface area (Å²) in [5, 5.41) is 0. The van der Waals surface area contributed by atoms with Gasteiger partial charge in [0.15, 0.2) is 17.8 Å². The number of methoxy groups -OCH3 is 4. The smallest absolute Gasteiger partial charge is 0.161 e. The highest BCUT2D eigenvalue weighted by Crippen LogP contribution is 2.42. The van der Waals surface area contributed by atoms with E-state index in [1.54, 1.807) is 34.5 Å². The number of rotatable bonds is 8. The highest BCUT2D eigenvalue weighted by atomic mass is 16.7. The van der Waals surface area contributed by atoms with Crippen molar-refractivity contribution in [1.29, 1.82) is 0 Å². The number of hydrogen-bond acceptors (Lipinski definition) is 5. The topological polar surface area (TPSA) is 54.0 Å². The predicted octanol–water partition coefficient (Wildman–Crippen LogP) is 3.65. The number of aldehydes is 1. The lowest BCUT2D eigenvalue weighted by Gasteiger charge is -2.29. The molecule has 0 saturated heterocycles. The standard InChI is InChI=1S/C20H28O5/c1-22-18-11-15(12-20(24-3)25-4)17(13-19(18)23-2)16-8-6-5-7-14(16)9-10-21/h9-11,13,16,20H,5-8,12H2,1-4H3/b14-9+. The molecule has 5 nitrogen and oxygen atoms in total. The van der Waals surface area contributed by atoms with Crippen molar-refractivity contribution in [3.8, 4) is 11.5 Å². The molecule has 1 aromatic carbocycles. The van der Waals surface area contributed by atoms with E-state index in [4.69, 9.17) is 18.9 Å². The van der Waals surface area contributed by atoms with E-state index in [0.717, 1.165) is 43.1 Å². The van der Waals surface area contributed by atoms with Gasteiger partial charge in [-0.2, -0.15) is 0 Å². The fraction of sp³-hybridized carbons (Fsp3) is 0.550. The maximum Gasteiger partial charge on any atom is 0.161 e. The number of allylic oxidation sites excluding steroid dienone is 2. The lowest BCUT2D eigenvalue weighted by molar-refractivity contribution is -0.104. The van der Waals surface area contributed by atoms with Crippen LogP contribution in [0.25, 0.3) is 0 Å². The van der Waals surface area contributed by atoms with Crippen LogP contribution in [0.2, 0.25) is 0 Å².